The van der Waals surface area contributed by atoms with Gasteiger partial charge in [-0.3, -0.25) is 0 Å². The highest BCUT2D eigenvalue weighted by atomic mass is 79.9. The van der Waals surface area contributed by atoms with Gasteiger partial charge in [-0.2, -0.15) is 0 Å². The summed E-state index contributed by atoms with van der Waals surface area (Å²) in [5.41, 5.74) is 1.31. The number of methoxy groups -OCH3 is 1. The highest BCUT2D eigenvalue weighted by molar-refractivity contribution is 9.10. The summed E-state index contributed by atoms with van der Waals surface area (Å²) in [6.07, 6.45) is 4.01. The van der Waals surface area contributed by atoms with Crippen LogP contribution in [-0.2, 0) is 6.54 Å². The molecule has 1 fully saturated rings. The number of hydrogen-bond acceptors (Lipinski definition) is 2. The average molecular weight is 326 g/mol. The smallest absolute Gasteiger partial charge is 0.133 e. The number of nitrogens with one attached hydrogen (secondary N) is 1. The molecule has 0 radical (unpaired) electrons. The van der Waals surface area contributed by atoms with E-state index in [1.807, 2.05) is 6.07 Å². The van der Waals surface area contributed by atoms with Crippen molar-refractivity contribution in [1.29, 1.82) is 0 Å². The lowest BCUT2D eigenvalue weighted by Gasteiger charge is -2.21. The van der Waals surface area contributed by atoms with Crippen LogP contribution in [0.15, 0.2) is 22.7 Å². The van der Waals surface area contributed by atoms with Crippen LogP contribution < -0.4 is 10.1 Å². The minimum atomic E-state index is 0.672. The molecule has 1 aliphatic rings. The third-order valence-corrected chi connectivity index (χ3v) is 5.16. The largest absolute Gasteiger partial charge is 0.496 e. The topological polar surface area (TPSA) is 21.3 Å². The van der Waals surface area contributed by atoms with Gasteiger partial charge in [-0.15, -0.1) is 0 Å². The zero-order valence-electron chi connectivity index (χ0n) is 12.1. The van der Waals surface area contributed by atoms with Crippen molar-refractivity contribution in [3.05, 3.63) is 28.2 Å². The van der Waals surface area contributed by atoms with Crippen LogP contribution in [0.2, 0.25) is 0 Å². The Hall–Kier alpha value is -0.540. The van der Waals surface area contributed by atoms with Gasteiger partial charge in [0.2, 0.25) is 0 Å². The third-order valence-electron chi connectivity index (χ3n) is 4.54. The van der Waals surface area contributed by atoms with Crippen molar-refractivity contribution in [3.63, 3.8) is 0 Å². The van der Waals surface area contributed by atoms with E-state index in [4.69, 9.17) is 4.74 Å². The van der Waals surface area contributed by atoms with E-state index in [1.54, 1.807) is 7.11 Å². The SMILES string of the molecule is CCC1CCC(NCc2ccc(OC)c(Br)c2)C1C. The Balaban J connectivity index is 1.91. The molecule has 1 N–H and O–H groups in total. The number of halogens is 1. The van der Waals surface area contributed by atoms with E-state index in [-0.39, 0.29) is 0 Å². The Morgan fingerprint density at radius 1 is 1.37 bits per heavy atom. The standard InChI is InChI=1S/C16H24BrNO/c1-4-13-6-7-15(11(13)2)18-10-12-5-8-16(19-3)14(17)9-12/h5,8-9,11,13,15,18H,4,6-7,10H2,1-3H3. The summed E-state index contributed by atoms with van der Waals surface area (Å²) in [7, 11) is 1.70. The van der Waals surface area contributed by atoms with E-state index in [9.17, 15) is 0 Å². The molecule has 106 valence electrons. The Bertz CT molecular complexity index is 421. The lowest BCUT2D eigenvalue weighted by molar-refractivity contribution is 0.344. The van der Waals surface area contributed by atoms with E-state index in [0.29, 0.717) is 6.04 Å². The second kappa shape index (κ2) is 6.76. The van der Waals surface area contributed by atoms with Crippen molar-refractivity contribution in [2.75, 3.05) is 7.11 Å². The fraction of sp³-hybridized carbons (Fsp3) is 0.625. The number of benzene rings is 1. The van der Waals surface area contributed by atoms with Gasteiger partial charge in [-0.25, -0.2) is 0 Å². The number of hydrogen-bond donors (Lipinski definition) is 1. The minimum absolute atomic E-state index is 0.672. The fourth-order valence-electron chi connectivity index (χ4n) is 3.18. The predicted molar refractivity (Wildman–Crippen MR) is 83.5 cm³/mol. The molecule has 1 aliphatic carbocycles. The van der Waals surface area contributed by atoms with Crippen LogP contribution >= 0.6 is 15.9 Å². The summed E-state index contributed by atoms with van der Waals surface area (Å²) in [5.74, 6) is 2.59. The molecular weight excluding hydrogens is 302 g/mol. The molecule has 3 heteroatoms. The van der Waals surface area contributed by atoms with E-state index in [1.165, 1.54) is 24.8 Å². The normalized spacial score (nSPS) is 26.6. The molecule has 2 nitrogen and oxygen atoms in total. The van der Waals surface area contributed by atoms with Gasteiger partial charge in [-0.1, -0.05) is 26.3 Å². The average Bonchev–Trinajstić information content (AvgIpc) is 2.77. The molecular formula is C16H24BrNO. The van der Waals surface area contributed by atoms with Crippen LogP contribution in [0, 0.1) is 11.8 Å². The van der Waals surface area contributed by atoms with Crippen molar-refractivity contribution in [2.45, 2.75) is 45.7 Å². The summed E-state index contributed by atoms with van der Waals surface area (Å²) in [5, 5.41) is 3.71. The van der Waals surface area contributed by atoms with Crippen molar-refractivity contribution in [2.24, 2.45) is 11.8 Å². The molecule has 0 spiro atoms. The van der Waals surface area contributed by atoms with Crippen molar-refractivity contribution < 1.29 is 4.74 Å². The van der Waals surface area contributed by atoms with E-state index in [0.717, 1.165) is 28.6 Å². The second-order valence-electron chi connectivity index (χ2n) is 5.56. The van der Waals surface area contributed by atoms with Crippen LogP contribution in [0.4, 0.5) is 0 Å². The lowest BCUT2D eigenvalue weighted by atomic mass is 9.93. The number of ether oxygens (including phenoxy) is 1. The maximum Gasteiger partial charge on any atom is 0.133 e. The molecule has 3 unspecified atom stereocenters. The van der Waals surface area contributed by atoms with Crippen molar-refractivity contribution in [1.82, 2.24) is 5.32 Å². The molecule has 19 heavy (non-hydrogen) atoms. The van der Waals surface area contributed by atoms with Gasteiger partial charge in [0.15, 0.2) is 0 Å². The van der Waals surface area contributed by atoms with Gasteiger partial charge in [0.1, 0.15) is 5.75 Å². The maximum atomic E-state index is 5.26. The molecule has 0 amide bonds. The summed E-state index contributed by atoms with van der Waals surface area (Å²) in [4.78, 5) is 0. The molecule has 0 heterocycles. The van der Waals surface area contributed by atoms with Gasteiger partial charge in [0.05, 0.1) is 11.6 Å². The van der Waals surface area contributed by atoms with E-state index in [2.05, 4.69) is 47.2 Å². The van der Waals surface area contributed by atoms with Crippen LogP contribution in [0.25, 0.3) is 0 Å². The molecule has 1 aromatic rings. The van der Waals surface area contributed by atoms with Gasteiger partial charge < -0.3 is 10.1 Å². The molecule has 0 bridgehead atoms. The fourth-order valence-corrected chi connectivity index (χ4v) is 3.77. The van der Waals surface area contributed by atoms with Crippen molar-refractivity contribution in [3.8, 4) is 5.75 Å². The summed E-state index contributed by atoms with van der Waals surface area (Å²) < 4.78 is 6.28. The van der Waals surface area contributed by atoms with Gasteiger partial charge in [0, 0.05) is 12.6 Å². The highest BCUT2D eigenvalue weighted by Crippen LogP contribution is 2.34. The summed E-state index contributed by atoms with van der Waals surface area (Å²) in [6.45, 7) is 5.64. The highest BCUT2D eigenvalue weighted by Gasteiger charge is 2.30. The van der Waals surface area contributed by atoms with E-state index < -0.39 is 0 Å². The third kappa shape index (κ3) is 3.51. The summed E-state index contributed by atoms with van der Waals surface area (Å²) in [6, 6.07) is 6.97. The molecule has 1 saturated carbocycles. The maximum absolute atomic E-state index is 5.26. The molecule has 0 saturated heterocycles. The van der Waals surface area contributed by atoms with Crippen molar-refractivity contribution >= 4 is 15.9 Å². The van der Waals surface area contributed by atoms with Gasteiger partial charge in [-0.05, 0) is 58.3 Å². The molecule has 3 atom stereocenters. The Labute approximate surface area is 125 Å². The lowest BCUT2D eigenvalue weighted by Crippen LogP contribution is -2.32. The van der Waals surface area contributed by atoms with Gasteiger partial charge in [0.25, 0.3) is 0 Å². The van der Waals surface area contributed by atoms with Crippen LogP contribution in [0.3, 0.4) is 0 Å². The first-order chi connectivity index (χ1) is 9.15. The molecule has 2 rings (SSSR count). The molecule has 0 aliphatic heterocycles. The monoisotopic (exact) mass is 325 g/mol. The summed E-state index contributed by atoms with van der Waals surface area (Å²) >= 11 is 3.54. The van der Waals surface area contributed by atoms with Crippen LogP contribution in [0.5, 0.6) is 5.75 Å². The Morgan fingerprint density at radius 3 is 2.74 bits per heavy atom. The van der Waals surface area contributed by atoms with Crippen LogP contribution in [0.1, 0.15) is 38.7 Å². The van der Waals surface area contributed by atoms with Gasteiger partial charge >= 0.3 is 0 Å². The Kier molecular flexibility index (Phi) is 5.28. The van der Waals surface area contributed by atoms with E-state index >= 15 is 0 Å². The Morgan fingerprint density at radius 2 is 2.16 bits per heavy atom. The van der Waals surface area contributed by atoms with Crippen LogP contribution in [-0.4, -0.2) is 13.2 Å². The first-order valence-corrected chi connectivity index (χ1v) is 8.00. The quantitative estimate of drug-likeness (QED) is 0.867. The predicted octanol–water partition coefficient (Wildman–Crippen LogP) is 4.37. The minimum Gasteiger partial charge on any atom is -0.496 e. The zero-order valence-corrected chi connectivity index (χ0v) is 13.7. The second-order valence-corrected chi connectivity index (χ2v) is 6.42. The first-order valence-electron chi connectivity index (χ1n) is 7.21. The number of rotatable bonds is 5. The zero-order chi connectivity index (χ0) is 13.8. The first kappa shape index (κ1) is 14.9. The molecule has 0 aromatic heterocycles. The molecule has 1 aromatic carbocycles.